The number of benzene rings is 1. The van der Waals surface area contributed by atoms with E-state index in [0.717, 1.165) is 21.3 Å². The SMILES string of the molecule is COC=C(C[Si]c1ccc2c(c1)C=C2)OC. The van der Waals surface area contributed by atoms with Crippen LogP contribution in [-0.4, -0.2) is 23.7 Å². The van der Waals surface area contributed by atoms with Gasteiger partial charge in [0.25, 0.3) is 0 Å². The van der Waals surface area contributed by atoms with E-state index in [9.17, 15) is 0 Å². The van der Waals surface area contributed by atoms with Crippen molar-refractivity contribution in [2.45, 2.75) is 6.04 Å². The maximum Gasteiger partial charge on any atom is 0.127 e. The molecule has 0 amide bonds. The standard InChI is InChI=1S/C13H14O2Si/c1-14-8-12(15-2)9-16-13-6-5-10-3-4-11(10)7-13/h3-8H,9H2,1-2H3. The normalized spacial score (nSPS) is 13.0. The summed E-state index contributed by atoms with van der Waals surface area (Å²) in [4.78, 5) is 0. The summed E-state index contributed by atoms with van der Waals surface area (Å²) in [5.74, 6) is 0.888. The lowest BCUT2D eigenvalue weighted by molar-refractivity contribution is 0.251. The van der Waals surface area contributed by atoms with E-state index in [4.69, 9.17) is 9.47 Å². The summed E-state index contributed by atoms with van der Waals surface area (Å²) in [6.45, 7) is 0. The van der Waals surface area contributed by atoms with E-state index < -0.39 is 0 Å². The molecule has 0 aliphatic heterocycles. The van der Waals surface area contributed by atoms with E-state index in [1.807, 2.05) is 0 Å². The van der Waals surface area contributed by atoms with Gasteiger partial charge < -0.3 is 9.47 Å². The molecule has 16 heavy (non-hydrogen) atoms. The molecule has 0 fully saturated rings. The third kappa shape index (κ3) is 2.36. The van der Waals surface area contributed by atoms with Crippen LogP contribution in [0.15, 0.2) is 30.2 Å². The Morgan fingerprint density at radius 3 is 2.62 bits per heavy atom. The topological polar surface area (TPSA) is 18.5 Å². The number of hydrogen-bond acceptors (Lipinski definition) is 2. The number of allylic oxidation sites excluding steroid dienone is 1. The van der Waals surface area contributed by atoms with E-state index in [1.165, 1.54) is 16.3 Å². The quantitative estimate of drug-likeness (QED) is 0.578. The van der Waals surface area contributed by atoms with Crippen molar-refractivity contribution in [1.29, 1.82) is 0 Å². The maximum atomic E-state index is 5.21. The molecule has 0 unspecified atom stereocenters. The zero-order valence-electron chi connectivity index (χ0n) is 9.49. The van der Waals surface area contributed by atoms with Crippen LogP contribution < -0.4 is 5.19 Å². The summed E-state index contributed by atoms with van der Waals surface area (Å²) in [6, 6.07) is 7.49. The van der Waals surface area contributed by atoms with Crippen LogP contribution in [0.2, 0.25) is 6.04 Å². The van der Waals surface area contributed by atoms with Crippen molar-refractivity contribution >= 4 is 26.9 Å². The molecular weight excluding hydrogens is 216 g/mol. The molecule has 0 saturated heterocycles. The molecule has 0 N–H and O–H groups in total. The van der Waals surface area contributed by atoms with Crippen molar-refractivity contribution in [1.82, 2.24) is 0 Å². The summed E-state index contributed by atoms with van der Waals surface area (Å²) in [6.07, 6.45) is 5.94. The van der Waals surface area contributed by atoms with Crippen molar-refractivity contribution < 1.29 is 9.47 Å². The third-order valence-corrected chi connectivity index (χ3v) is 3.75. The highest BCUT2D eigenvalue weighted by Gasteiger charge is 2.07. The minimum absolute atomic E-state index is 0.721. The Morgan fingerprint density at radius 1 is 1.25 bits per heavy atom. The van der Waals surface area contributed by atoms with Gasteiger partial charge in [-0.05, 0) is 11.1 Å². The first kappa shape index (κ1) is 11.0. The van der Waals surface area contributed by atoms with E-state index in [0.29, 0.717) is 0 Å². The Hall–Kier alpha value is -1.48. The van der Waals surface area contributed by atoms with Crippen LogP contribution >= 0.6 is 0 Å². The van der Waals surface area contributed by atoms with Crippen molar-refractivity contribution in [2.24, 2.45) is 0 Å². The zero-order chi connectivity index (χ0) is 11.4. The molecule has 0 spiro atoms. The highest BCUT2D eigenvalue weighted by atomic mass is 28.2. The highest BCUT2D eigenvalue weighted by molar-refractivity contribution is 6.54. The average molecular weight is 230 g/mol. The lowest BCUT2D eigenvalue weighted by Gasteiger charge is -2.12. The van der Waals surface area contributed by atoms with Crippen molar-refractivity contribution in [2.75, 3.05) is 14.2 Å². The Kier molecular flexibility index (Phi) is 3.46. The predicted molar refractivity (Wildman–Crippen MR) is 67.7 cm³/mol. The molecule has 1 aromatic carbocycles. The second kappa shape index (κ2) is 5.03. The second-order valence-corrected chi connectivity index (χ2v) is 4.84. The highest BCUT2D eigenvalue weighted by Crippen LogP contribution is 2.21. The van der Waals surface area contributed by atoms with Crippen LogP contribution in [0.3, 0.4) is 0 Å². The summed E-state index contributed by atoms with van der Waals surface area (Å²) in [7, 11) is 4.03. The largest absolute Gasteiger partial charge is 0.501 e. The molecule has 1 aliphatic rings. The molecule has 2 rings (SSSR count). The Balaban J connectivity index is 1.95. The maximum absolute atomic E-state index is 5.21. The minimum Gasteiger partial charge on any atom is -0.501 e. The van der Waals surface area contributed by atoms with E-state index in [1.54, 1.807) is 20.5 Å². The van der Waals surface area contributed by atoms with Crippen LogP contribution in [0, 0.1) is 0 Å². The number of rotatable bonds is 5. The first-order chi connectivity index (χ1) is 7.83. The number of hydrogen-bond donors (Lipinski definition) is 0. The van der Waals surface area contributed by atoms with E-state index in [2.05, 4.69) is 30.4 Å². The van der Waals surface area contributed by atoms with Crippen LogP contribution in [0.25, 0.3) is 12.2 Å². The van der Waals surface area contributed by atoms with Gasteiger partial charge in [-0.25, -0.2) is 0 Å². The molecule has 0 bridgehead atoms. The fraction of sp³-hybridized carbons (Fsp3) is 0.231. The van der Waals surface area contributed by atoms with Gasteiger partial charge in [0, 0.05) is 6.04 Å². The number of methoxy groups -OCH3 is 2. The first-order valence-electron chi connectivity index (χ1n) is 5.15. The van der Waals surface area contributed by atoms with Gasteiger partial charge in [-0.3, -0.25) is 0 Å². The minimum atomic E-state index is 0.721. The molecule has 0 saturated carbocycles. The fourth-order valence-corrected chi connectivity index (χ4v) is 2.61. The van der Waals surface area contributed by atoms with E-state index in [-0.39, 0.29) is 0 Å². The Bertz CT molecular complexity index is 436. The third-order valence-electron chi connectivity index (χ3n) is 2.51. The van der Waals surface area contributed by atoms with Gasteiger partial charge in [0.2, 0.25) is 0 Å². The smallest absolute Gasteiger partial charge is 0.127 e. The van der Waals surface area contributed by atoms with Gasteiger partial charge in [0.15, 0.2) is 0 Å². The fourth-order valence-electron chi connectivity index (χ4n) is 1.55. The van der Waals surface area contributed by atoms with Gasteiger partial charge in [-0.15, -0.1) is 0 Å². The average Bonchev–Trinajstić information content (AvgIpc) is 2.27. The van der Waals surface area contributed by atoms with Gasteiger partial charge in [-0.2, -0.15) is 0 Å². The summed E-state index contributed by atoms with van der Waals surface area (Å²) in [5, 5.41) is 1.36. The lowest BCUT2D eigenvalue weighted by Crippen LogP contribution is -2.16. The van der Waals surface area contributed by atoms with Crippen molar-refractivity contribution in [3.05, 3.63) is 41.3 Å². The molecule has 2 nitrogen and oxygen atoms in total. The molecule has 2 radical (unpaired) electrons. The summed E-state index contributed by atoms with van der Waals surface area (Å²) >= 11 is 0. The molecule has 0 heterocycles. The Morgan fingerprint density at radius 2 is 2.06 bits per heavy atom. The van der Waals surface area contributed by atoms with Gasteiger partial charge in [0.05, 0.1) is 23.7 Å². The monoisotopic (exact) mass is 230 g/mol. The summed E-state index contributed by atoms with van der Waals surface area (Å²) < 4.78 is 10.2. The van der Waals surface area contributed by atoms with Crippen molar-refractivity contribution in [3.63, 3.8) is 0 Å². The Labute approximate surface area is 98.4 Å². The number of ether oxygens (including phenoxy) is 2. The molecule has 0 atom stereocenters. The van der Waals surface area contributed by atoms with E-state index >= 15 is 0 Å². The van der Waals surface area contributed by atoms with Crippen LogP contribution in [-0.2, 0) is 9.47 Å². The predicted octanol–water partition coefficient (Wildman–Crippen LogP) is 2.05. The molecule has 1 aliphatic carbocycles. The molecule has 1 aromatic rings. The number of fused-ring (bicyclic) bond motifs is 1. The van der Waals surface area contributed by atoms with Crippen LogP contribution in [0.5, 0.6) is 0 Å². The van der Waals surface area contributed by atoms with Gasteiger partial charge in [0.1, 0.15) is 12.0 Å². The molecular formula is C13H14O2Si. The first-order valence-corrected chi connectivity index (χ1v) is 6.36. The van der Waals surface area contributed by atoms with Crippen LogP contribution in [0.4, 0.5) is 0 Å². The molecule has 82 valence electrons. The summed E-state index contributed by atoms with van der Waals surface area (Å²) in [5.41, 5.74) is 2.69. The zero-order valence-corrected chi connectivity index (χ0v) is 10.5. The molecule has 0 aromatic heterocycles. The van der Waals surface area contributed by atoms with Crippen LogP contribution in [0.1, 0.15) is 11.1 Å². The lowest BCUT2D eigenvalue weighted by atomic mass is 9.98. The second-order valence-electron chi connectivity index (χ2n) is 3.55. The van der Waals surface area contributed by atoms with Gasteiger partial charge in [-0.1, -0.05) is 35.5 Å². The van der Waals surface area contributed by atoms with Crippen molar-refractivity contribution in [3.8, 4) is 0 Å². The van der Waals surface area contributed by atoms with Gasteiger partial charge >= 0.3 is 0 Å². The molecule has 3 heteroatoms.